The second kappa shape index (κ2) is 7.59. The van der Waals surface area contributed by atoms with Gasteiger partial charge < -0.3 is 5.11 Å². The van der Waals surface area contributed by atoms with Crippen molar-refractivity contribution in [3.63, 3.8) is 0 Å². The zero-order valence-electron chi connectivity index (χ0n) is 16.5. The molecule has 0 amide bonds. The van der Waals surface area contributed by atoms with Crippen molar-refractivity contribution in [2.45, 2.75) is 25.7 Å². The zero-order chi connectivity index (χ0) is 22.6. The van der Waals surface area contributed by atoms with Crippen LogP contribution in [0.4, 0.5) is 13.2 Å². The first-order chi connectivity index (χ1) is 15.3. The minimum atomic E-state index is -1.55. The molecule has 162 valence electrons. The van der Waals surface area contributed by atoms with Crippen molar-refractivity contribution < 1.29 is 23.1 Å². The third-order valence-electron chi connectivity index (χ3n) is 5.56. The van der Waals surface area contributed by atoms with E-state index in [0.29, 0.717) is 10.9 Å². The van der Waals surface area contributed by atoms with Gasteiger partial charge in [0.05, 0.1) is 16.0 Å². The van der Waals surface area contributed by atoms with E-state index in [1.54, 1.807) is 0 Å². The molecule has 0 unspecified atom stereocenters. The van der Waals surface area contributed by atoms with E-state index in [2.05, 4.69) is 4.98 Å². The molecule has 0 saturated heterocycles. The molecule has 0 saturated carbocycles. The predicted molar refractivity (Wildman–Crippen MR) is 114 cm³/mol. The van der Waals surface area contributed by atoms with Crippen LogP contribution >= 0.6 is 11.3 Å². The van der Waals surface area contributed by atoms with Gasteiger partial charge in [-0.2, -0.15) is 0 Å². The lowest BCUT2D eigenvalue weighted by molar-refractivity contribution is 0.0695. The smallest absolute Gasteiger partial charge is 0.341 e. The van der Waals surface area contributed by atoms with Crippen molar-refractivity contribution in [3.8, 4) is 16.3 Å². The second-order valence-electron chi connectivity index (χ2n) is 7.60. The van der Waals surface area contributed by atoms with E-state index >= 15 is 4.39 Å². The number of rotatable bonds is 3. The summed E-state index contributed by atoms with van der Waals surface area (Å²) >= 11 is 1.42. The summed E-state index contributed by atoms with van der Waals surface area (Å²) in [5.74, 6) is -4.13. The van der Waals surface area contributed by atoms with Crippen LogP contribution in [0.3, 0.4) is 0 Å². The fourth-order valence-corrected chi connectivity index (χ4v) is 5.26. The number of fused-ring (bicyclic) bond motifs is 2. The van der Waals surface area contributed by atoms with Gasteiger partial charge >= 0.3 is 5.97 Å². The molecule has 0 aliphatic heterocycles. The normalized spacial score (nSPS) is 13.3. The lowest BCUT2D eigenvalue weighted by Gasteiger charge is -2.14. The van der Waals surface area contributed by atoms with Crippen LogP contribution in [0.25, 0.3) is 27.3 Å². The number of aryl methyl sites for hydroxylation is 2. The molecule has 0 bridgehead atoms. The minimum absolute atomic E-state index is 0.00403. The molecule has 1 aliphatic carbocycles. The standard InChI is InChI=1S/C23H15F3N2O3S/c24-12-5-6-17(15(25)8-12)28-10-14(23(30)31)21(29)13-9-16(26)20(27-22(13)28)19-7-11-3-1-2-4-18(11)32-19/h5-10H,1-4H2,(H,30,31). The van der Waals surface area contributed by atoms with Gasteiger partial charge in [-0.1, -0.05) is 0 Å². The highest BCUT2D eigenvalue weighted by Crippen LogP contribution is 2.36. The Morgan fingerprint density at radius 1 is 1.06 bits per heavy atom. The van der Waals surface area contributed by atoms with Crippen LogP contribution in [-0.4, -0.2) is 20.6 Å². The molecule has 1 aliphatic rings. The van der Waals surface area contributed by atoms with Gasteiger partial charge in [-0.05, 0) is 55.5 Å². The topological polar surface area (TPSA) is 72.2 Å². The van der Waals surface area contributed by atoms with E-state index in [4.69, 9.17) is 0 Å². The van der Waals surface area contributed by atoms with Crippen molar-refractivity contribution in [1.29, 1.82) is 0 Å². The van der Waals surface area contributed by atoms with E-state index in [-0.39, 0.29) is 22.4 Å². The largest absolute Gasteiger partial charge is 0.477 e. The summed E-state index contributed by atoms with van der Waals surface area (Å²) < 4.78 is 44.1. The van der Waals surface area contributed by atoms with Gasteiger partial charge in [0.25, 0.3) is 0 Å². The minimum Gasteiger partial charge on any atom is -0.477 e. The van der Waals surface area contributed by atoms with Crippen molar-refractivity contribution in [2.75, 3.05) is 0 Å². The molecular weight excluding hydrogens is 441 g/mol. The van der Waals surface area contributed by atoms with Gasteiger partial charge in [-0.25, -0.2) is 22.9 Å². The van der Waals surface area contributed by atoms with Crippen molar-refractivity contribution in [1.82, 2.24) is 9.55 Å². The lowest BCUT2D eigenvalue weighted by atomic mass is 9.99. The number of carboxylic acid groups (broad SMARTS) is 1. The molecule has 0 radical (unpaired) electrons. The zero-order valence-corrected chi connectivity index (χ0v) is 17.3. The van der Waals surface area contributed by atoms with Crippen LogP contribution in [0.15, 0.2) is 41.3 Å². The molecule has 5 rings (SSSR count). The van der Waals surface area contributed by atoms with E-state index in [0.717, 1.165) is 65.1 Å². The molecule has 1 N–H and O–H groups in total. The summed E-state index contributed by atoms with van der Waals surface area (Å²) in [5, 5.41) is 9.12. The van der Waals surface area contributed by atoms with E-state index in [1.165, 1.54) is 11.3 Å². The maximum absolute atomic E-state index is 15.1. The summed E-state index contributed by atoms with van der Waals surface area (Å²) in [5.41, 5.74) is -0.810. The molecule has 5 nitrogen and oxygen atoms in total. The Kier molecular flexibility index (Phi) is 4.85. The van der Waals surface area contributed by atoms with Crippen LogP contribution in [0.1, 0.15) is 33.6 Å². The number of pyridine rings is 2. The number of hydrogen-bond acceptors (Lipinski definition) is 4. The van der Waals surface area contributed by atoms with Gasteiger partial charge in [0, 0.05) is 17.1 Å². The number of nitrogens with zero attached hydrogens (tertiary/aromatic N) is 2. The third kappa shape index (κ3) is 3.29. The number of thiophene rings is 1. The molecular formula is C23H15F3N2O3S. The van der Waals surface area contributed by atoms with Crippen LogP contribution in [0.2, 0.25) is 0 Å². The highest BCUT2D eigenvalue weighted by molar-refractivity contribution is 7.15. The summed E-state index contributed by atoms with van der Waals surface area (Å²) in [7, 11) is 0. The Balaban J connectivity index is 1.82. The maximum Gasteiger partial charge on any atom is 0.341 e. The Morgan fingerprint density at radius 3 is 2.56 bits per heavy atom. The third-order valence-corrected chi connectivity index (χ3v) is 6.81. The Morgan fingerprint density at radius 2 is 1.84 bits per heavy atom. The van der Waals surface area contributed by atoms with E-state index in [9.17, 15) is 23.5 Å². The Bertz CT molecular complexity index is 1450. The summed E-state index contributed by atoms with van der Waals surface area (Å²) in [6.07, 6.45) is 4.84. The Labute approximate surface area is 183 Å². The first-order valence-corrected chi connectivity index (χ1v) is 10.7. The fourth-order valence-electron chi connectivity index (χ4n) is 4.02. The number of aromatic carboxylic acids is 1. The fraction of sp³-hybridized carbons (Fsp3) is 0.174. The molecule has 3 aromatic heterocycles. The van der Waals surface area contributed by atoms with Gasteiger partial charge in [0.1, 0.15) is 28.5 Å². The average Bonchev–Trinajstić information content (AvgIpc) is 3.18. The number of benzene rings is 1. The van der Waals surface area contributed by atoms with Crippen LogP contribution < -0.4 is 5.43 Å². The van der Waals surface area contributed by atoms with Gasteiger partial charge in [0.15, 0.2) is 5.82 Å². The first-order valence-electron chi connectivity index (χ1n) is 9.90. The van der Waals surface area contributed by atoms with Crippen LogP contribution in [-0.2, 0) is 12.8 Å². The quantitative estimate of drug-likeness (QED) is 0.465. The molecule has 4 aromatic rings. The number of halogens is 3. The molecule has 0 atom stereocenters. The highest BCUT2D eigenvalue weighted by Gasteiger charge is 2.23. The van der Waals surface area contributed by atoms with Gasteiger partial charge in [-0.15, -0.1) is 11.3 Å². The van der Waals surface area contributed by atoms with Crippen molar-refractivity contribution >= 4 is 28.3 Å². The molecule has 32 heavy (non-hydrogen) atoms. The summed E-state index contributed by atoms with van der Waals surface area (Å²) in [4.78, 5) is 30.4. The average molecular weight is 456 g/mol. The van der Waals surface area contributed by atoms with Gasteiger partial charge in [-0.3, -0.25) is 9.36 Å². The number of carbonyl (C=O) groups is 1. The van der Waals surface area contributed by atoms with Crippen LogP contribution in [0.5, 0.6) is 0 Å². The first kappa shape index (κ1) is 20.4. The number of carboxylic acids is 1. The monoisotopic (exact) mass is 456 g/mol. The molecule has 9 heteroatoms. The SMILES string of the molecule is O=C(O)c1cn(-c2ccc(F)cc2F)c2nc(-c3cc4c(s3)CCCC4)c(F)cc2c1=O. The molecule has 1 aromatic carbocycles. The highest BCUT2D eigenvalue weighted by atomic mass is 32.1. The summed E-state index contributed by atoms with van der Waals surface area (Å²) in [6.45, 7) is 0. The van der Waals surface area contributed by atoms with Crippen LogP contribution in [0, 0.1) is 17.5 Å². The summed E-state index contributed by atoms with van der Waals surface area (Å²) in [6, 6.07) is 5.55. The lowest BCUT2D eigenvalue weighted by Crippen LogP contribution is -2.20. The Hall–Kier alpha value is -3.46. The maximum atomic E-state index is 15.1. The molecule has 0 fully saturated rings. The molecule has 3 heterocycles. The van der Waals surface area contributed by atoms with E-state index < -0.39 is 34.4 Å². The number of hydrogen-bond donors (Lipinski definition) is 1. The van der Waals surface area contributed by atoms with Gasteiger partial charge in [0.2, 0.25) is 5.43 Å². The van der Waals surface area contributed by atoms with E-state index in [1.807, 2.05) is 6.07 Å². The second-order valence-corrected chi connectivity index (χ2v) is 8.74. The number of aromatic nitrogens is 2. The van der Waals surface area contributed by atoms with Crippen molar-refractivity contribution in [2.24, 2.45) is 0 Å². The van der Waals surface area contributed by atoms with Crippen molar-refractivity contribution in [3.05, 3.63) is 80.2 Å². The molecule has 0 spiro atoms. The predicted octanol–water partition coefficient (Wildman–Crippen LogP) is 5.11.